The minimum absolute atomic E-state index is 0.309. The van der Waals surface area contributed by atoms with E-state index in [1.165, 1.54) is 40.0 Å². The van der Waals surface area contributed by atoms with Crippen LogP contribution >= 0.6 is 15.8 Å². The van der Waals surface area contributed by atoms with Gasteiger partial charge in [-0.25, -0.2) is 0 Å². The Morgan fingerprint density at radius 2 is 0.613 bits per heavy atom. The molecule has 0 radical (unpaired) electrons. The van der Waals surface area contributed by atoms with Gasteiger partial charge in [0.2, 0.25) is 0 Å². The summed E-state index contributed by atoms with van der Waals surface area (Å²) in [6.45, 7) is 4.00. The Labute approximate surface area is 190 Å². The average Bonchev–Trinajstić information content (AvgIpc) is 2.87. The van der Waals surface area contributed by atoms with E-state index in [0.29, 0.717) is 0 Å². The van der Waals surface area contributed by atoms with E-state index < -0.39 is 0 Å². The fourth-order valence-corrected chi connectivity index (χ4v) is 8.59. The molecule has 0 aliphatic carbocycles. The molecule has 4 rings (SSSR count). The normalized spacial score (nSPS) is 10.6. The Hall–Kier alpha value is -2.26. The molecule has 4 aromatic rings. The number of hydrogen-bond acceptors (Lipinski definition) is 0. The van der Waals surface area contributed by atoms with E-state index in [2.05, 4.69) is 121 Å². The van der Waals surface area contributed by atoms with Crippen LogP contribution in [0.15, 0.2) is 121 Å². The molecule has 0 fully saturated rings. The smallest absolute Gasteiger partial charge is 0.0195 e. The number of hydrogen-bond donors (Lipinski definition) is 0. The maximum absolute atomic E-state index is 2.30. The molecule has 0 saturated heterocycles. The van der Waals surface area contributed by atoms with Crippen LogP contribution in [0.3, 0.4) is 0 Å². The van der Waals surface area contributed by atoms with Crippen molar-refractivity contribution < 1.29 is 0 Å². The van der Waals surface area contributed by atoms with Gasteiger partial charge in [-0.15, -0.1) is 0 Å². The summed E-state index contributed by atoms with van der Waals surface area (Å²) in [6.07, 6.45) is 3.72. The summed E-state index contributed by atoms with van der Waals surface area (Å²) in [5.74, 6) is 0. The average molecular weight is 443 g/mol. The minimum Gasteiger partial charge on any atom is -0.0683 e. The molecule has 31 heavy (non-hydrogen) atoms. The molecule has 0 aromatic heterocycles. The molecule has 0 unspecified atom stereocenters. The molecular weight excluding hydrogens is 410 g/mol. The van der Waals surface area contributed by atoms with Crippen LogP contribution in [0.25, 0.3) is 0 Å². The van der Waals surface area contributed by atoms with Gasteiger partial charge in [0.15, 0.2) is 0 Å². The number of rotatable bonds is 8. The topological polar surface area (TPSA) is 0 Å². The van der Waals surface area contributed by atoms with Crippen molar-refractivity contribution in [2.24, 2.45) is 0 Å². The largest absolute Gasteiger partial charge is 0.0683 e. The van der Waals surface area contributed by atoms with Crippen LogP contribution in [-0.2, 0) is 0 Å². The third-order valence-electron chi connectivity index (χ3n) is 5.03. The van der Waals surface area contributed by atoms with Crippen molar-refractivity contribution in [1.82, 2.24) is 0 Å². The maximum Gasteiger partial charge on any atom is -0.0195 e. The van der Waals surface area contributed by atoms with Gasteiger partial charge in [0.05, 0.1) is 0 Å². The first kappa shape index (κ1) is 23.4. The van der Waals surface area contributed by atoms with Gasteiger partial charge in [0.25, 0.3) is 0 Å². The molecule has 0 bridgehead atoms. The Balaban J connectivity index is 0.00000132. The Bertz CT molecular complexity index is 808. The summed E-state index contributed by atoms with van der Waals surface area (Å²) in [5.41, 5.74) is 0. The quantitative estimate of drug-likeness (QED) is 0.267. The number of benzene rings is 4. The molecule has 2 heteroatoms. The monoisotopic (exact) mass is 442 g/mol. The Morgan fingerprint density at radius 1 is 0.387 bits per heavy atom. The summed E-state index contributed by atoms with van der Waals surface area (Å²) >= 11 is 0. The molecule has 0 nitrogen and oxygen atoms in total. The van der Waals surface area contributed by atoms with E-state index in [0.717, 1.165) is 0 Å². The van der Waals surface area contributed by atoms with Gasteiger partial charge in [0.1, 0.15) is 0 Å². The van der Waals surface area contributed by atoms with Crippen LogP contribution in [0.2, 0.25) is 0 Å². The first-order valence-corrected chi connectivity index (χ1v) is 14.2. The van der Waals surface area contributed by atoms with Crippen LogP contribution in [0, 0.1) is 0 Å². The highest BCUT2D eigenvalue weighted by Gasteiger charge is 2.17. The van der Waals surface area contributed by atoms with Gasteiger partial charge < -0.3 is 0 Å². The van der Waals surface area contributed by atoms with Gasteiger partial charge in [-0.2, -0.15) is 0 Å². The fourth-order valence-electron chi connectivity index (χ4n) is 3.63. The first-order valence-electron chi connectivity index (χ1n) is 11.2. The van der Waals surface area contributed by atoms with Crippen LogP contribution in [-0.4, -0.2) is 12.3 Å². The molecule has 0 aliphatic rings. The van der Waals surface area contributed by atoms with Gasteiger partial charge in [-0.05, 0) is 55.8 Å². The van der Waals surface area contributed by atoms with Crippen molar-refractivity contribution in [3.8, 4) is 0 Å². The highest BCUT2D eigenvalue weighted by Crippen LogP contribution is 2.39. The van der Waals surface area contributed by atoms with Crippen LogP contribution < -0.4 is 21.2 Å². The van der Waals surface area contributed by atoms with E-state index in [1.807, 2.05) is 13.8 Å². The van der Waals surface area contributed by atoms with Gasteiger partial charge in [-0.1, -0.05) is 135 Å². The second kappa shape index (κ2) is 13.2. The maximum atomic E-state index is 2.30. The molecule has 0 spiro atoms. The molecule has 0 amide bonds. The Kier molecular flexibility index (Phi) is 9.98. The zero-order chi connectivity index (χ0) is 21.7. The van der Waals surface area contributed by atoms with Gasteiger partial charge in [0, 0.05) is 0 Å². The van der Waals surface area contributed by atoms with Crippen molar-refractivity contribution in [3.63, 3.8) is 0 Å². The first-order chi connectivity index (χ1) is 15.4. The fraction of sp³-hybridized carbons (Fsp3) is 0.172. The molecule has 0 atom stereocenters. The lowest BCUT2D eigenvalue weighted by Gasteiger charge is -2.22. The van der Waals surface area contributed by atoms with E-state index in [-0.39, 0.29) is 15.8 Å². The molecule has 158 valence electrons. The zero-order valence-corrected chi connectivity index (χ0v) is 20.4. The molecule has 0 saturated carbocycles. The van der Waals surface area contributed by atoms with Crippen molar-refractivity contribution in [2.45, 2.75) is 20.3 Å². The summed E-state index contributed by atoms with van der Waals surface area (Å²) < 4.78 is 0. The molecule has 0 N–H and O–H groups in total. The van der Waals surface area contributed by atoms with Crippen molar-refractivity contribution in [2.75, 3.05) is 12.3 Å². The highest BCUT2D eigenvalue weighted by molar-refractivity contribution is 7.74. The Morgan fingerprint density at radius 3 is 0.839 bits per heavy atom. The molecule has 0 heterocycles. The highest BCUT2D eigenvalue weighted by atomic mass is 31.1. The predicted molar refractivity (Wildman–Crippen MR) is 144 cm³/mol. The van der Waals surface area contributed by atoms with Crippen molar-refractivity contribution in [1.29, 1.82) is 0 Å². The van der Waals surface area contributed by atoms with E-state index >= 15 is 0 Å². The predicted octanol–water partition coefficient (Wildman–Crippen LogP) is 6.67. The molecular formula is C29H32P2. The third kappa shape index (κ3) is 6.87. The zero-order valence-electron chi connectivity index (χ0n) is 18.6. The van der Waals surface area contributed by atoms with Crippen molar-refractivity contribution >= 4 is 37.1 Å². The lowest BCUT2D eigenvalue weighted by atomic mass is 10.4. The van der Waals surface area contributed by atoms with E-state index in [1.54, 1.807) is 0 Å². The van der Waals surface area contributed by atoms with E-state index in [9.17, 15) is 0 Å². The SMILES string of the molecule is CC.c1ccc(P(CCCP(c2ccccc2)c2ccccc2)c2ccccc2)cc1. The molecule has 4 aromatic carbocycles. The lowest BCUT2D eigenvalue weighted by molar-refractivity contribution is 1.11. The summed E-state index contributed by atoms with van der Waals surface area (Å²) in [7, 11) is -0.618. The van der Waals surface area contributed by atoms with Crippen LogP contribution in [0.5, 0.6) is 0 Å². The van der Waals surface area contributed by atoms with Gasteiger partial charge in [-0.3, -0.25) is 0 Å². The van der Waals surface area contributed by atoms with Gasteiger partial charge >= 0.3 is 0 Å². The third-order valence-corrected chi connectivity index (χ3v) is 10.2. The lowest BCUT2D eigenvalue weighted by Crippen LogP contribution is -2.17. The standard InChI is InChI=1S/C27H26P2.C2H6/c1-5-14-24(15-6-1)28(25-16-7-2-8-17-25)22-13-23-29(26-18-9-3-10-19-26)27-20-11-4-12-21-27;1-2/h1-12,14-21H,13,22-23H2;1-2H3. The van der Waals surface area contributed by atoms with E-state index in [4.69, 9.17) is 0 Å². The second-order valence-corrected chi connectivity index (χ2v) is 11.7. The summed E-state index contributed by atoms with van der Waals surface area (Å²) in [6, 6.07) is 44.3. The minimum atomic E-state index is -0.309. The van der Waals surface area contributed by atoms with Crippen molar-refractivity contribution in [3.05, 3.63) is 121 Å². The van der Waals surface area contributed by atoms with Crippen LogP contribution in [0.1, 0.15) is 20.3 Å². The second-order valence-electron chi connectivity index (χ2n) is 7.00. The molecule has 0 aliphatic heterocycles. The summed E-state index contributed by atoms with van der Waals surface area (Å²) in [5, 5.41) is 5.94. The van der Waals surface area contributed by atoms with Crippen LogP contribution in [0.4, 0.5) is 0 Å². The summed E-state index contributed by atoms with van der Waals surface area (Å²) in [4.78, 5) is 0.